The Labute approximate surface area is 137 Å². The monoisotopic (exact) mass is 341 g/mol. The second-order valence-electron chi connectivity index (χ2n) is 4.86. The first-order chi connectivity index (χ1) is 10.9. The van der Waals surface area contributed by atoms with Crippen LogP contribution < -0.4 is 4.74 Å². The number of ether oxygens (including phenoxy) is 2. The van der Waals surface area contributed by atoms with Gasteiger partial charge in [-0.1, -0.05) is 11.6 Å². The van der Waals surface area contributed by atoms with E-state index in [-0.39, 0.29) is 34.6 Å². The zero-order chi connectivity index (χ0) is 17.0. The molecule has 0 radical (unpaired) electrons. The summed E-state index contributed by atoms with van der Waals surface area (Å²) in [5.41, 5.74) is 0.0387. The van der Waals surface area contributed by atoms with Crippen LogP contribution in [0.2, 0.25) is 5.02 Å². The smallest absolute Gasteiger partial charge is 0.338 e. The molecule has 1 aromatic rings. The average molecular weight is 342 g/mol. The molecule has 0 saturated carbocycles. The van der Waals surface area contributed by atoms with Crippen molar-refractivity contribution in [1.82, 2.24) is 4.90 Å². The zero-order valence-electron chi connectivity index (χ0n) is 12.5. The summed E-state index contributed by atoms with van der Waals surface area (Å²) >= 11 is 5.83. The molecule has 0 atom stereocenters. The van der Waals surface area contributed by atoms with Crippen LogP contribution >= 0.6 is 11.6 Å². The summed E-state index contributed by atoms with van der Waals surface area (Å²) in [5, 5.41) is 9.65. The number of carbonyl (C=O) groups excluding carboxylic acids is 3. The van der Waals surface area contributed by atoms with Crippen molar-refractivity contribution in [3.63, 3.8) is 0 Å². The summed E-state index contributed by atoms with van der Waals surface area (Å²) in [7, 11) is 0. The number of likely N-dealkylation sites (tertiary alicyclic amines) is 1. The van der Waals surface area contributed by atoms with Crippen LogP contribution in [-0.2, 0) is 14.3 Å². The van der Waals surface area contributed by atoms with E-state index < -0.39 is 18.5 Å². The number of phenolic OH excluding ortho intramolecular Hbond substituents is 1. The van der Waals surface area contributed by atoms with E-state index in [1.54, 1.807) is 6.92 Å². The molecule has 8 heteroatoms. The first-order valence-electron chi connectivity index (χ1n) is 7.09. The van der Waals surface area contributed by atoms with Crippen LogP contribution in [0.25, 0.3) is 0 Å². The number of halogens is 1. The number of carbonyl (C=O) groups is 3. The van der Waals surface area contributed by atoms with Crippen LogP contribution in [0.3, 0.4) is 0 Å². The summed E-state index contributed by atoms with van der Waals surface area (Å²) in [6.45, 7) is 1.80. The quantitative estimate of drug-likeness (QED) is 0.820. The number of phenols is 1. The molecule has 0 aromatic heterocycles. The van der Waals surface area contributed by atoms with E-state index in [9.17, 15) is 19.5 Å². The number of hydrogen-bond donors (Lipinski definition) is 1. The van der Waals surface area contributed by atoms with Crippen molar-refractivity contribution in [3.8, 4) is 11.5 Å². The predicted octanol–water partition coefficient (Wildman–Crippen LogP) is 1.75. The summed E-state index contributed by atoms with van der Waals surface area (Å²) in [6, 6.07) is 2.49. The molecule has 1 aliphatic rings. The molecule has 1 fully saturated rings. The van der Waals surface area contributed by atoms with Crippen molar-refractivity contribution in [1.29, 1.82) is 0 Å². The van der Waals surface area contributed by atoms with Gasteiger partial charge in [0.1, 0.15) is 0 Å². The lowest BCUT2D eigenvalue weighted by Gasteiger charge is -2.14. The predicted molar refractivity (Wildman–Crippen MR) is 80.5 cm³/mol. The largest absolute Gasteiger partial charge is 0.503 e. The molecule has 0 bridgehead atoms. The molecule has 0 aliphatic carbocycles. The lowest BCUT2D eigenvalue weighted by molar-refractivity contribution is -0.143. The van der Waals surface area contributed by atoms with Gasteiger partial charge in [-0.3, -0.25) is 14.5 Å². The molecule has 1 N–H and O–H groups in total. The molecule has 2 rings (SSSR count). The Morgan fingerprint density at radius 2 is 2.13 bits per heavy atom. The molecular weight excluding hydrogens is 326 g/mol. The number of rotatable bonds is 5. The molecule has 1 aliphatic heterocycles. The molecule has 1 heterocycles. The van der Waals surface area contributed by atoms with Crippen LogP contribution in [0.5, 0.6) is 11.5 Å². The van der Waals surface area contributed by atoms with Gasteiger partial charge >= 0.3 is 5.97 Å². The van der Waals surface area contributed by atoms with Crippen LogP contribution in [0, 0.1) is 0 Å². The van der Waals surface area contributed by atoms with E-state index in [2.05, 4.69) is 0 Å². The number of amides is 2. The minimum absolute atomic E-state index is 0.0387. The molecule has 0 unspecified atom stereocenters. The Bertz CT molecular complexity index is 645. The Morgan fingerprint density at radius 1 is 1.39 bits per heavy atom. The number of esters is 1. The van der Waals surface area contributed by atoms with E-state index in [1.807, 2.05) is 0 Å². The Kier molecular flexibility index (Phi) is 5.44. The molecule has 23 heavy (non-hydrogen) atoms. The normalized spacial score (nSPS) is 14.0. The average Bonchev–Trinajstić information content (AvgIpc) is 2.95. The maximum atomic E-state index is 12.0. The highest BCUT2D eigenvalue weighted by atomic mass is 35.5. The molecule has 1 aromatic carbocycles. The Morgan fingerprint density at radius 3 is 2.74 bits per heavy atom. The third-order valence-electron chi connectivity index (χ3n) is 3.27. The topological polar surface area (TPSA) is 93.1 Å². The number of hydrogen-bond acceptors (Lipinski definition) is 6. The summed E-state index contributed by atoms with van der Waals surface area (Å²) in [6.07, 6.45) is 0.939. The van der Waals surface area contributed by atoms with Crippen LogP contribution in [-0.4, -0.2) is 47.5 Å². The van der Waals surface area contributed by atoms with Gasteiger partial charge in [0.15, 0.2) is 18.1 Å². The molecule has 7 nitrogen and oxygen atoms in total. The van der Waals surface area contributed by atoms with E-state index in [4.69, 9.17) is 21.1 Å². The third-order valence-corrected chi connectivity index (χ3v) is 3.55. The van der Waals surface area contributed by atoms with E-state index in [0.29, 0.717) is 19.4 Å². The van der Waals surface area contributed by atoms with Gasteiger partial charge < -0.3 is 14.6 Å². The van der Waals surface area contributed by atoms with E-state index in [1.165, 1.54) is 12.1 Å². The highest BCUT2D eigenvalue weighted by Crippen LogP contribution is 2.35. The van der Waals surface area contributed by atoms with Gasteiger partial charge in [0.25, 0.3) is 5.91 Å². The fourth-order valence-electron chi connectivity index (χ4n) is 2.16. The maximum absolute atomic E-state index is 12.0. The SMILES string of the molecule is CCOc1cc(C(=O)OCC(=O)N2CCCC2=O)cc(Cl)c1O. The number of imide groups is 1. The van der Waals surface area contributed by atoms with Crippen molar-refractivity contribution >= 4 is 29.4 Å². The van der Waals surface area contributed by atoms with Gasteiger partial charge in [0.05, 0.1) is 17.2 Å². The van der Waals surface area contributed by atoms with E-state index in [0.717, 1.165) is 4.90 Å². The van der Waals surface area contributed by atoms with Crippen LogP contribution in [0.1, 0.15) is 30.1 Å². The number of aromatic hydroxyl groups is 1. The van der Waals surface area contributed by atoms with Gasteiger partial charge in [-0.25, -0.2) is 4.79 Å². The van der Waals surface area contributed by atoms with Crippen LogP contribution in [0.15, 0.2) is 12.1 Å². The van der Waals surface area contributed by atoms with Crippen molar-refractivity contribution < 1.29 is 29.0 Å². The molecular formula is C15H16ClNO6. The fraction of sp³-hybridized carbons (Fsp3) is 0.400. The summed E-state index contributed by atoms with van der Waals surface area (Å²) in [5.74, 6) is -1.85. The van der Waals surface area contributed by atoms with Crippen LogP contribution in [0.4, 0.5) is 0 Å². The minimum atomic E-state index is -0.798. The number of nitrogens with zero attached hydrogens (tertiary/aromatic N) is 1. The van der Waals surface area contributed by atoms with Gasteiger partial charge in [-0.05, 0) is 25.5 Å². The maximum Gasteiger partial charge on any atom is 0.338 e. The molecule has 0 spiro atoms. The lowest BCUT2D eigenvalue weighted by Crippen LogP contribution is -2.35. The lowest BCUT2D eigenvalue weighted by atomic mass is 10.2. The van der Waals surface area contributed by atoms with Crippen molar-refractivity contribution in [2.45, 2.75) is 19.8 Å². The van der Waals surface area contributed by atoms with Crippen molar-refractivity contribution in [3.05, 3.63) is 22.7 Å². The second-order valence-corrected chi connectivity index (χ2v) is 5.26. The first-order valence-corrected chi connectivity index (χ1v) is 7.47. The van der Waals surface area contributed by atoms with Crippen molar-refractivity contribution in [2.24, 2.45) is 0 Å². The van der Waals surface area contributed by atoms with E-state index >= 15 is 0 Å². The fourth-order valence-corrected chi connectivity index (χ4v) is 2.37. The minimum Gasteiger partial charge on any atom is -0.503 e. The molecule has 1 saturated heterocycles. The highest BCUT2D eigenvalue weighted by molar-refractivity contribution is 6.32. The standard InChI is InChI=1S/C15H16ClNO6/c1-2-22-11-7-9(6-10(16)14(11)20)15(21)23-8-13(19)17-5-3-4-12(17)18/h6-7,20H,2-5,8H2,1H3. The van der Waals surface area contributed by atoms with Gasteiger partial charge in [-0.2, -0.15) is 0 Å². The van der Waals surface area contributed by atoms with Crippen molar-refractivity contribution in [2.75, 3.05) is 19.8 Å². The Hall–Kier alpha value is -2.28. The van der Waals surface area contributed by atoms with Gasteiger partial charge in [0.2, 0.25) is 5.91 Å². The second kappa shape index (κ2) is 7.32. The molecule has 124 valence electrons. The third kappa shape index (κ3) is 3.92. The highest BCUT2D eigenvalue weighted by Gasteiger charge is 2.27. The van der Waals surface area contributed by atoms with Gasteiger partial charge in [-0.15, -0.1) is 0 Å². The molecule has 2 amide bonds. The number of benzene rings is 1. The zero-order valence-corrected chi connectivity index (χ0v) is 13.3. The summed E-state index contributed by atoms with van der Waals surface area (Å²) < 4.78 is 10.1. The summed E-state index contributed by atoms with van der Waals surface area (Å²) in [4.78, 5) is 36.3. The Balaban J connectivity index is 2.03. The van der Waals surface area contributed by atoms with Gasteiger partial charge in [0, 0.05) is 13.0 Å². The first kappa shape index (κ1) is 17.1.